The molecule has 0 aliphatic carbocycles. The second kappa shape index (κ2) is 6.26. The van der Waals surface area contributed by atoms with Gasteiger partial charge in [0.15, 0.2) is 0 Å². The number of nitriles is 1. The molecule has 0 unspecified atom stereocenters. The molecule has 7 heteroatoms. The quantitative estimate of drug-likeness (QED) is 0.771. The van der Waals surface area contributed by atoms with Crippen LogP contribution in [0.15, 0.2) is 18.2 Å². The first kappa shape index (κ1) is 14.3. The molecule has 0 heterocycles. The first-order valence-corrected chi connectivity index (χ1v) is 5.24. The third-order valence-electron chi connectivity index (χ3n) is 2.30. The van der Waals surface area contributed by atoms with Crippen LogP contribution in [0.3, 0.4) is 0 Å². The van der Waals surface area contributed by atoms with Gasteiger partial charge in [-0.1, -0.05) is 0 Å². The Hall–Kier alpha value is -2.75. The first-order chi connectivity index (χ1) is 8.97. The summed E-state index contributed by atoms with van der Waals surface area (Å²) in [6.45, 7) is -1.00. The van der Waals surface area contributed by atoms with E-state index in [0.29, 0.717) is 5.75 Å². The van der Waals surface area contributed by atoms with E-state index in [1.165, 1.54) is 25.3 Å². The molecule has 0 amide bonds. The average Bonchev–Trinajstić information content (AvgIpc) is 2.36. The zero-order valence-corrected chi connectivity index (χ0v) is 10.2. The summed E-state index contributed by atoms with van der Waals surface area (Å²) in [5.41, 5.74) is 0.544. The van der Waals surface area contributed by atoms with Crippen LogP contribution in [0.2, 0.25) is 0 Å². The molecular weight excluding hydrogens is 252 g/mol. The molecule has 100 valence electrons. The number of carboxylic acid groups (broad SMARTS) is 2. The van der Waals surface area contributed by atoms with Crippen LogP contribution in [0, 0.1) is 11.3 Å². The third kappa shape index (κ3) is 3.89. The van der Waals surface area contributed by atoms with Crippen LogP contribution in [0.1, 0.15) is 5.56 Å². The van der Waals surface area contributed by atoms with Gasteiger partial charge in [0.25, 0.3) is 0 Å². The van der Waals surface area contributed by atoms with Crippen molar-refractivity contribution < 1.29 is 24.5 Å². The molecule has 19 heavy (non-hydrogen) atoms. The van der Waals surface area contributed by atoms with Gasteiger partial charge < -0.3 is 19.8 Å². The Morgan fingerprint density at radius 2 is 1.89 bits per heavy atom. The molecule has 0 aliphatic rings. The number of benzene rings is 1. The lowest BCUT2D eigenvalue weighted by Crippen LogP contribution is -2.34. The maximum absolute atomic E-state index is 10.8. The van der Waals surface area contributed by atoms with Gasteiger partial charge in [-0.05, 0) is 18.2 Å². The van der Waals surface area contributed by atoms with Gasteiger partial charge in [0.05, 0.1) is 24.4 Å². The van der Waals surface area contributed by atoms with Gasteiger partial charge >= 0.3 is 11.9 Å². The minimum absolute atomic E-state index is 0.256. The SMILES string of the molecule is COc1ccc(C#N)cc1N(CC(=O)O)CC(=O)O. The minimum Gasteiger partial charge on any atom is -0.495 e. The topological polar surface area (TPSA) is 111 Å². The second-order valence-electron chi connectivity index (χ2n) is 3.64. The third-order valence-corrected chi connectivity index (χ3v) is 2.30. The highest BCUT2D eigenvalue weighted by Gasteiger charge is 2.18. The molecule has 0 spiro atoms. The van der Waals surface area contributed by atoms with Crippen molar-refractivity contribution in [1.82, 2.24) is 0 Å². The van der Waals surface area contributed by atoms with Crippen LogP contribution in [0.5, 0.6) is 5.75 Å². The monoisotopic (exact) mass is 264 g/mol. The summed E-state index contributed by atoms with van der Waals surface area (Å²) in [5, 5.41) is 26.4. The van der Waals surface area contributed by atoms with Crippen molar-refractivity contribution in [3.8, 4) is 11.8 Å². The zero-order chi connectivity index (χ0) is 14.4. The Bertz CT molecular complexity index is 519. The molecule has 0 saturated carbocycles. The van der Waals surface area contributed by atoms with Gasteiger partial charge in [-0.3, -0.25) is 9.59 Å². The minimum atomic E-state index is -1.18. The predicted octanol–water partition coefficient (Wildman–Crippen LogP) is 0.542. The van der Waals surface area contributed by atoms with Gasteiger partial charge in [-0.15, -0.1) is 0 Å². The molecule has 7 nitrogen and oxygen atoms in total. The van der Waals surface area contributed by atoms with Crippen molar-refractivity contribution in [2.75, 3.05) is 25.1 Å². The Balaban J connectivity index is 3.22. The van der Waals surface area contributed by atoms with E-state index in [2.05, 4.69) is 0 Å². The Labute approximate surface area is 109 Å². The summed E-state index contributed by atoms with van der Waals surface area (Å²) in [6, 6.07) is 6.29. The van der Waals surface area contributed by atoms with Crippen molar-refractivity contribution >= 4 is 17.6 Å². The summed E-state index contributed by atoms with van der Waals surface area (Å²) in [5.74, 6) is -2.04. The molecule has 0 aromatic heterocycles. The molecule has 0 radical (unpaired) electrons. The highest BCUT2D eigenvalue weighted by atomic mass is 16.5. The number of anilines is 1. The molecule has 0 saturated heterocycles. The van der Waals surface area contributed by atoms with Crippen molar-refractivity contribution in [3.63, 3.8) is 0 Å². The molecule has 0 atom stereocenters. The van der Waals surface area contributed by atoms with Crippen LogP contribution in [0.25, 0.3) is 0 Å². The van der Waals surface area contributed by atoms with Gasteiger partial charge in [0, 0.05) is 0 Å². The molecule has 1 aromatic carbocycles. The number of carboxylic acids is 2. The van der Waals surface area contributed by atoms with E-state index < -0.39 is 25.0 Å². The van der Waals surface area contributed by atoms with Crippen molar-refractivity contribution in [2.24, 2.45) is 0 Å². The van der Waals surface area contributed by atoms with Crippen molar-refractivity contribution in [3.05, 3.63) is 23.8 Å². The number of hydrogen-bond acceptors (Lipinski definition) is 5. The highest BCUT2D eigenvalue weighted by Crippen LogP contribution is 2.29. The maximum atomic E-state index is 10.8. The number of carbonyl (C=O) groups is 2. The number of nitrogens with zero attached hydrogens (tertiary/aromatic N) is 2. The van der Waals surface area contributed by atoms with Gasteiger partial charge in [-0.2, -0.15) is 5.26 Å². The Morgan fingerprint density at radius 3 is 2.32 bits per heavy atom. The van der Waals surface area contributed by atoms with E-state index in [-0.39, 0.29) is 11.3 Å². The summed E-state index contributed by atoms with van der Waals surface area (Å²) in [7, 11) is 1.38. The number of methoxy groups -OCH3 is 1. The lowest BCUT2D eigenvalue weighted by atomic mass is 10.2. The molecule has 0 fully saturated rings. The number of hydrogen-bond donors (Lipinski definition) is 2. The summed E-state index contributed by atoms with van der Waals surface area (Å²) in [6.07, 6.45) is 0. The number of aliphatic carboxylic acids is 2. The molecular formula is C12H12N2O5. The van der Waals surface area contributed by atoms with Gasteiger partial charge in [0.1, 0.15) is 18.8 Å². The van der Waals surface area contributed by atoms with E-state index in [1.807, 2.05) is 6.07 Å². The van der Waals surface area contributed by atoms with Crippen LogP contribution in [-0.4, -0.2) is 42.4 Å². The Morgan fingerprint density at radius 1 is 1.32 bits per heavy atom. The fourth-order valence-corrected chi connectivity index (χ4v) is 1.56. The van der Waals surface area contributed by atoms with E-state index in [4.69, 9.17) is 20.2 Å². The molecule has 2 N–H and O–H groups in total. The number of ether oxygens (including phenoxy) is 1. The van der Waals surface area contributed by atoms with Crippen LogP contribution in [0.4, 0.5) is 5.69 Å². The Kier molecular flexibility index (Phi) is 4.71. The maximum Gasteiger partial charge on any atom is 0.323 e. The summed E-state index contributed by atoms with van der Waals surface area (Å²) >= 11 is 0. The smallest absolute Gasteiger partial charge is 0.323 e. The van der Waals surface area contributed by atoms with Crippen molar-refractivity contribution in [1.29, 1.82) is 5.26 Å². The zero-order valence-electron chi connectivity index (χ0n) is 10.2. The van der Waals surface area contributed by atoms with Crippen LogP contribution in [-0.2, 0) is 9.59 Å². The lowest BCUT2D eigenvalue weighted by molar-refractivity contribution is -0.136. The molecule has 1 aromatic rings. The van der Waals surface area contributed by atoms with Gasteiger partial charge in [0.2, 0.25) is 0 Å². The second-order valence-corrected chi connectivity index (χ2v) is 3.64. The predicted molar refractivity (Wildman–Crippen MR) is 65.2 cm³/mol. The molecule has 0 bridgehead atoms. The lowest BCUT2D eigenvalue weighted by Gasteiger charge is -2.23. The standard InChI is InChI=1S/C12H12N2O5/c1-19-10-3-2-8(5-13)4-9(10)14(6-11(15)16)7-12(17)18/h2-4H,6-7H2,1H3,(H,15,16)(H,17,18). The van der Waals surface area contributed by atoms with Crippen LogP contribution >= 0.6 is 0 Å². The average molecular weight is 264 g/mol. The van der Waals surface area contributed by atoms with Crippen molar-refractivity contribution in [2.45, 2.75) is 0 Å². The molecule has 0 aliphatic heterocycles. The fraction of sp³-hybridized carbons (Fsp3) is 0.250. The van der Waals surface area contributed by atoms with Gasteiger partial charge in [-0.25, -0.2) is 0 Å². The number of rotatable bonds is 6. The van der Waals surface area contributed by atoms with Crippen LogP contribution < -0.4 is 9.64 Å². The van der Waals surface area contributed by atoms with E-state index in [1.54, 1.807) is 0 Å². The van der Waals surface area contributed by atoms with E-state index >= 15 is 0 Å². The normalized spacial score (nSPS) is 9.47. The summed E-state index contributed by atoms with van der Waals surface area (Å²) in [4.78, 5) is 22.7. The molecule has 1 rings (SSSR count). The largest absolute Gasteiger partial charge is 0.495 e. The summed E-state index contributed by atoms with van der Waals surface area (Å²) < 4.78 is 5.05. The first-order valence-electron chi connectivity index (χ1n) is 5.24. The van der Waals surface area contributed by atoms with E-state index in [0.717, 1.165) is 4.90 Å². The fourth-order valence-electron chi connectivity index (χ4n) is 1.56. The van der Waals surface area contributed by atoms with E-state index in [9.17, 15) is 9.59 Å². The highest BCUT2D eigenvalue weighted by molar-refractivity contribution is 5.81.